The van der Waals surface area contributed by atoms with Gasteiger partial charge in [-0.25, -0.2) is 0 Å². The second kappa shape index (κ2) is 4.97. The molecule has 122 valence electrons. The predicted octanol–water partition coefficient (Wildman–Crippen LogP) is 5.21. The molecule has 0 aliphatic heterocycles. The van der Waals surface area contributed by atoms with Gasteiger partial charge in [-0.05, 0) is 68.1 Å². The zero-order valence-corrected chi connectivity index (χ0v) is 14.3. The van der Waals surface area contributed by atoms with Crippen molar-refractivity contribution in [1.82, 2.24) is 0 Å². The van der Waals surface area contributed by atoms with Crippen molar-refractivity contribution >= 4 is 5.97 Å². The second-order valence-electron chi connectivity index (χ2n) is 8.75. The fourth-order valence-corrected chi connectivity index (χ4v) is 5.87. The molecule has 1 N–H and O–H groups in total. The molecule has 3 aliphatic carbocycles. The minimum atomic E-state index is -0.589. The molecule has 2 nitrogen and oxygen atoms in total. The van der Waals surface area contributed by atoms with Crippen LogP contribution in [0.25, 0.3) is 0 Å². The molecule has 5 atom stereocenters. The number of fused-ring (bicyclic) bond motifs is 3. The molecule has 3 rings (SSSR count). The molecule has 0 aromatic carbocycles. The summed E-state index contributed by atoms with van der Waals surface area (Å²) in [5, 5.41) is 9.84. The molecule has 0 aromatic rings. The van der Waals surface area contributed by atoms with E-state index in [1.165, 1.54) is 6.42 Å². The van der Waals surface area contributed by atoms with Crippen molar-refractivity contribution in [3.8, 4) is 0 Å². The number of carboxylic acids is 1. The molecule has 2 fully saturated rings. The summed E-state index contributed by atoms with van der Waals surface area (Å²) in [6.07, 6.45) is 12.1. The Hall–Kier alpha value is -1.05. The van der Waals surface area contributed by atoms with Gasteiger partial charge in [0, 0.05) is 0 Å². The van der Waals surface area contributed by atoms with Crippen molar-refractivity contribution in [2.24, 2.45) is 28.1 Å². The molecular formula is C20H30O2. The Morgan fingerprint density at radius 1 is 1.32 bits per heavy atom. The largest absolute Gasteiger partial charge is 0.481 e. The Kier molecular flexibility index (Phi) is 3.58. The zero-order chi connectivity index (χ0) is 16.2. The van der Waals surface area contributed by atoms with Gasteiger partial charge in [0.05, 0.1) is 5.41 Å². The van der Waals surface area contributed by atoms with E-state index in [2.05, 4.69) is 32.6 Å². The maximum Gasteiger partial charge on any atom is 0.309 e. The van der Waals surface area contributed by atoms with E-state index in [0.29, 0.717) is 11.8 Å². The van der Waals surface area contributed by atoms with Gasteiger partial charge in [0.15, 0.2) is 0 Å². The highest BCUT2D eigenvalue weighted by Gasteiger charge is 2.57. The molecule has 0 bridgehead atoms. The Labute approximate surface area is 134 Å². The molecule has 0 saturated heterocycles. The Balaban J connectivity index is 1.99. The van der Waals surface area contributed by atoms with Crippen molar-refractivity contribution in [2.45, 2.75) is 65.7 Å². The molecule has 3 aliphatic rings. The molecule has 2 saturated carbocycles. The van der Waals surface area contributed by atoms with Crippen molar-refractivity contribution in [3.05, 3.63) is 24.3 Å². The van der Waals surface area contributed by atoms with Gasteiger partial charge >= 0.3 is 5.97 Å². The summed E-state index contributed by atoms with van der Waals surface area (Å²) < 4.78 is 0. The first kappa shape index (κ1) is 15.8. The smallest absolute Gasteiger partial charge is 0.309 e. The number of allylic oxidation sites excluding steroid dienone is 3. The second-order valence-corrected chi connectivity index (χ2v) is 8.75. The van der Waals surface area contributed by atoms with E-state index in [4.69, 9.17) is 0 Å². The number of carboxylic acid groups (broad SMARTS) is 1. The van der Waals surface area contributed by atoms with Crippen LogP contribution in [0.5, 0.6) is 0 Å². The third kappa shape index (κ3) is 2.10. The Morgan fingerprint density at radius 2 is 2.05 bits per heavy atom. The summed E-state index contributed by atoms with van der Waals surface area (Å²) >= 11 is 0. The van der Waals surface area contributed by atoms with Gasteiger partial charge in [-0.3, -0.25) is 4.79 Å². The highest BCUT2D eigenvalue weighted by atomic mass is 16.4. The lowest BCUT2D eigenvalue weighted by molar-refractivity contribution is -0.160. The third-order valence-electron chi connectivity index (χ3n) is 7.32. The number of hydrogen-bond acceptors (Lipinski definition) is 1. The lowest BCUT2D eigenvalue weighted by Gasteiger charge is -2.58. The van der Waals surface area contributed by atoms with Crippen LogP contribution in [0.2, 0.25) is 0 Å². The van der Waals surface area contributed by atoms with Gasteiger partial charge in [-0.2, -0.15) is 0 Å². The van der Waals surface area contributed by atoms with Gasteiger partial charge in [-0.1, -0.05) is 38.0 Å². The van der Waals surface area contributed by atoms with Crippen LogP contribution in [0.3, 0.4) is 0 Å². The summed E-state index contributed by atoms with van der Waals surface area (Å²) in [4.78, 5) is 11.9. The average molecular weight is 302 g/mol. The molecule has 0 spiro atoms. The van der Waals surface area contributed by atoms with Crippen LogP contribution in [0.4, 0.5) is 0 Å². The predicted molar refractivity (Wildman–Crippen MR) is 89.5 cm³/mol. The first-order valence-corrected chi connectivity index (χ1v) is 8.83. The molecule has 0 heterocycles. The van der Waals surface area contributed by atoms with Crippen LogP contribution in [-0.2, 0) is 4.79 Å². The summed E-state index contributed by atoms with van der Waals surface area (Å²) in [5.41, 5.74) is 1.35. The molecule has 0 radical (unpaired) electrons. The third-order valence-corrected chi connectivity index (χ3v) is 7.32. The zero-order valence-electron chi connectivity index (χ0n) is 14.3. The fraction of sp³-hybridized carbons (Fsp3) is 0.750. The normalized spacial score (nSPS) is 47.9. The highest BCUT2D eigenvalue weighted by molar-refractivity contribution is 5.75. The number of carbonyl (C=O) groups is 1. The van der Waals surface area contributed by atoms with E-state index in [0.717, 1.165) is 38.5 Å². The van der Waals surface area contributed by atoms with Gasteiger partial charge in [-0.15, -0.1) is 6.58 Å². The Morgan fingerprint density at radius 3 is 2.68 bits per heavy atom. The number of hydrogen-bond donors (Lipinski definition) is 1. The molecule has 22 heavy (non-hydrogen) atoms. The average Bonchev–Trinajstić information content (AvgIpc) is 2.46. The highest BCUT2D eigenvalue weighted by Crippen LogP contribution is 2.63. The van der Waals surface area contributed by atoms with Gasteiger partial charge in [0.25, 0.3) is 0 Å². The van der Waals surface area contributed by atoms with Crippen molar-refractivity contribution in [2.75, 3.05) is 0 Å². The van der Waals surface area contributed by atoms with Crippen LogP contribution in [0.15, 0.2) is 24.3 Å². The quantitative estimate of drug-likeness (QED) is 0.711. The van der Waals surface area contributed by atoms with Crippen LogP contribution in [-0.4, -0.2) is 11.1 Å². The monoisotopic (exact) mass is 302 g/mol. The van der Waals surface area contributed by atoms with Crippen molar-refractivity contribution in [1.29, 1.82) is 0 Å². The van der Waals surface area contributed by atoms with Crippen LogP contribution in [0, 0.1) is 28.1 Å². The minimum Gasteiger partial charge on any atom is -0.481 e. The Bertz CT molecular complexity index is 534. The summed E-state index contributed by atoms with van der Waals surface area (Å²) in [6.45, 7) is 10.7. The van der Waals surface area contributed by atoms with E-state index in [-0.39, 0.29) is 10.8 Å². The lowest BCUT2D eigenvalue weighted by atomic mass is 9.46. The molecule has 2 heteroatoms. The first-order chi connectivity index (χ1) is 10.3. The van der Waals surface area contributed by atoms with Crippen LogP contribution in [0.1, 0.15) is 65.7 Å². The van der Waals surface area contributed by atoms with Crippen LogP contribution < -0.4 is 0 Å². The van der Waals surface area contributed by atoms with Gasteiger partial charge in [0.1, 0.15) is 0 Å². The first-order valence-electron chi connectivity index (χ1n) is 8.83. The van der Waals surface area contributed by atoms with Crippen LogP contribution >= 0.6 is 0 Å². The maximum atomic E-state index is 11.9. The molecular weight excluding hydrogens is 272 g/mol. The maximum absolute atomic E-state index is 11.9. The van der Waals surface area contributed by atoms with Crippen molar-refractivity contribution in [3.63, 3.8) is 0 Å². The fourth-order valence-electron chi connectivity index (χ4n) is 5.87. The van der Waals surface area contributed by atoms with Crippen molar-refractivity contribution < 1.29 is 9.90 Å². The summed E-state index contributed by atoms with van der Waals surface area (Å²) in [6, 6.07) is 0. The van der Waals surface area contributed by atoms with Gasteiger partial charge < -0.3 is 5.11 Å². The van der Waals surface area contributed by atoms with E-state index in [9.17, 15) is 9.90 Å². The van der Waals surface area contributed by atoms with E-state index in [1.54, 1.807) is 5.57 Å². The minimum absolute atomic E-state index is 0.0941. The lowest BCUT2D eigenvalue weighted by Crippen LogP contribution is -2.52. The molecule has 0 unspecified atom stereocenters. The number of aliphatic carboxylic acids is 1. The standard InChI is InChI=1S/C20H30O2/c1-5-18(2)12-9-15-14(13-18)7-8-16-19(15,3)10-6-11-20(16,4)17(21)22/h5,9,14,16H,1,6-8,10-13H2,2-4H3,(H,21,22)/t14-,16+,18-,19+,20-/m1/s1. The summed E-state index contributed by atoms with van der Waals surface area (Å²) in [5.74, 6) is 0.338. The van der Waals surface area contributed by atoms with E-state index >= 15 is 0 Å². The molecule has 0 amide bonds. The van der Waals surface area contributed by atoms with Gasteiger partial charge in [0.2, 0.25) is 0 Å². The molecule has 0 aromatic heterocycles. The van der Waals surface area contributed by atoms with E-state index < -0.39 is 11.4 Å². The number of rotatable bonds is 2. The SMILES string of the molecule is C=C[C@]1(C)CC=C2[C@H](CC[C@@H]3[C@](C)(C(=O)O)CCC[C@@]23C)C1. The topological polar surface area (TPSA) is 37.3 Å². The summed E-state index contributed by atoms with van der Waals surface area (Å²) in [7, 11) is 0. The van der Waals surface area contributed by atoms with E-state index in [1.807, 2.05) is 6.92 Å².